The fraction of sp³-hybridized carbons (Fsp3) is 0.714. The predicted octanol–water partition coefficient (Wildman–Crippen LogP) is 2.03. The summed E-state index contributed by atoms with van der Waals surface area (Å²) in [5.41, 5.74) is 0. The van der Waals surface area contributed by atoms with E-state index in [9.17, 15) is 4.79 Å². The molecule has 1 unspecified atom stereocenters. The first-order valence-electron chi connectivity index (χ1n) is 7.14. The molecular weight excluding hydrogens is 311 g/mol. The van der Waals surface area contributed by atoms with Gasteiger partial charge in [0.2, 0.25) is 5.91 Å². The molecule has 1 fully saturated rings. The van der Waals surface area contributed by atoms with Crippen LogP contribution in [0.15, 0.2) is 12.4 Å². The van der Waals surface area contributed by atoms with Crippen LogP contribution in [0.5, 0.6) is 0 Å². The highest BCUT2D eigenvalue weighted by Crippen LogP contribution is 2.20. The SMILES string of the molecule is CNCCCC(=O)N1CCCC1Cn1ccnc1C.Cl.Cl. The van der Waals surface area contributed by atoms with Crippen LogP contribution in [0.2, 0.25) is 0 Å². The maximum atomic E-state index is 12.2. The lowest BCUT2D eigenvalue weighted by molar-refractivity contribution is -0.132. The van der Waals surface area contributed by atoms with Crippen molar-refractivity contribution in [3.05, 3.63) is 18.2 Å². The quantitative estimate of drug-likeness (QED) is 0.808. The van der Waals surface area contributed by atoms with Gasteiger partial charge in [-0.1, -0.05) is 0 Å². The number of nitrogens with zero attached hydrogens (tertiary/aromatic N) is 3. The number of carbonyl (C=O) groups excluding carboxylic acids is 1. The molecule has 0 saturated carbocycles. The van der Waals surface area contributed by atoms with Gasteiger partial charge in [-0.3, -0.25) is 4.79 Å². The zero-order valence-electron chi connectivity index (χ0n) is 12.7. The van der Waals surface area contributed by atoms with Crippen molar-refractivity contribution in [2.45, 2.75) is 45.2 Å². The van der Waals surface area contributed by atoms with Crippen LogP contribution in [0, 0.1) is 6.92 Å². The van der Waals surface area contributed by atoms with E-state index in [1.54, 1.807) is 0 Å². The highest BCUT2D eigenvalue weighted by molar-refractivity contribution is 5.85. The molecule has 1 aromatic heterocycles. The highest BCUT2D eigenvalue weighted by Gasteiger charge is 2.28. The lowest BCUT2D eigenvalue weighted by Gasteiger charge is -2.25. The Morgan fingerprint density at radius 3 is 2.86 bits per heavy atom. The molecule has 1 saturated heterocycles. The number of aromatic nitrogens is 2. The molecule has 0 spiro atoms. The highest BCUT2D eigenvalue weighted by atomic mass is 35.5. The minimum atomic E-state index is 0. The van der Waals surface area contributed by atoms with Crippen molar-refractivity contribution in [3.63, 3.8) is 0 Å². The van der Waals surface area contributed by atoms with E-state index in [1.807, 2.05) is 26.4 Å². The van der Waals surface area contributed by atoms with Crippen LogP contribution < -0.4 is 5.32 Å². The van der Waals surface area contributed by atoms with Crippen LogP contribution in [-0.4, -0.2) is 46.5 Å². The second-order valence-electron chi connectivity index (χ2n) is 5.22. The third kappa shape index (κ3) is 5.49. The van der Waals surface area contributed by atoms with Gasteiger partial charge in [-0.15, -0.1) is 24.8 Å². The van der Waals surface area contributed by atoms with Crippen molar-refractivity contribution in [2.75, 3.05) is 20.1 Å². The molecule has 0 aliphatic carbocycles. The molecule has 1 amide bonds. The van der Waals surface area contributed by atoms with Gasteiger partial charge < -0.3 is 14.8 Å². The maximum absolute atomic E-state index is 12.2. The van der Waals surface area contributed by atoms with Crippen molar-refractivity contribution in [2.24, 2.45) is 0 Å². The first-order valence-corrected chi connectivity index (χ1v) is 7.14. The van der Waals surface area contributed by atoms with Crippen LogP contribution in [0.3, 0.4) is 0 Å². The Balaban J connectivity index is 0.00000200. The number of carbonyl (C=O) groups is 1. The van der Waals surface area contributed by atoms with E-state index in [0.717, 1.165) is 44.7 Å². The number of likely N-dealkylation sites (tertiary alicyclic amines) is 1. The van der Waals surface area contributed by atoms with Gasteiger partial charge in [0.25, 0.3) is 0 Å². The van der Waals surface area contributed by atoms with Gasteiger partial charge >= 0.3 is 0 Å². The second kappa shape index (κ2) is 10.0. The largest absolute Gasteiger partial charge is 0.338 e. The zero-order chi connectivity index (χ0) is 13.7. The topological polar surface area (TPSA) is 50.2 Å². The molecule has 21 heavy (non-hydrogen) atoms. The smallest absolute Gasteiger partial charge is 0.222 e. The van der Waals surface area contributed by atoms with Crippen LogP contribution >= 0.6 is 24.8 Å². The molecule has 0 bridgehead atoms. The number of amides is 1. The van der Waals surface area contributed by atoms with Crippen LogP contribution in [0.1, 0.15) is 31.5 Å². The molecule has 1 atom stereocenters. The molecule has 1 aliphatic rings. The summed E-state index contributed by atoms with van der Waals surface area (Å²) < 4.78 is 2.14. The summed E-state index contributed by atoms with van der Waals surface area (Å²) in [7, 11) is 1.92. The molecule has 2 heterocycles. The number of aryl methyl sites for hydroxylation is 1. The molecule has 0 aromatic carbocycles. The van der Waals surface area contributed by atoms with Crippen molar-refractivity contribution in [1.82, 2.24) is 19.8 Å². The van der Waals surface area contributed by atoms with E-state index in [-0.39, 0.29) is 24.8 Å². The summed E-state index contributed by atoms with van der Waals surface area (Å²) in [6.45, 7) is 4.71. The zero-order valence-corrected chi connectivity index (χ0v) is 14.4. The van der Waals surface area contributed by atoms with Crippen molar-refractivity contribution in [3.8, 4) is 0 Å². The van der Waals surface area contributed by atoms with Gasteiger partial charge in [0.05, 0.1) is 0 Å². The number of rotatable bonds is 6. The van der Waals surface area contributed by atoms with E-state index in [1.165, 1.54) is 0 Å². The van der Waals surface area contributed by atoms with Crippen molar-refractivity contribution >= 4 is 30.7 Å². The first kappa shape index (κ1) is 20.2. The van der Waals surface area contributed by atoms with Crippen molar-refractivity contribution in [1.29, 1.82) is 0 Å². The molecule has 5 nitrogen and oxygen atoms in total. The Kier molecular flexibility index (Phi) is 9.66. The average molecular weight is 337 g/mol. The van der Waals surface area contributed by atoms with E-state index >= 15 is 0 Å². The molecule has 122 valence electrons. The van der Waals surface area contributed by atoms with E-state index < -0.39 is 0 Å². The summed E-state index contributed by atoms with van der Waals surface area (Å²) in [6.07, 6.45) is 7.62. The van der Waals surface area contributed by atoms with E-state index in [2.05, 4.69) is 19.8 Å². The fourth-order valence-electron chi connectivity index (χ4n) is 2.74. The first-order chi connectivity index (χ1) is 9.22. The van der Waals surface area contributed by atoms with Gasteiger partial charge in [0, 0.05) is 37.9 Å². The summed E-state index contributed by atoms with van der Waals surface area (Å²) in [4.78, 5) is 18.5. The fourth-order valence-corrected chi connectivity index (χ4v) is 2.74. The molecule has 1 aromatic rings. The minimum Gasteiger partial charge on any atom is -0.338 e. The third-order valence-electron chi connectivity index (χ3n) is 3.85. The van der Waals surface area contributed by atoms with Crippen LogP contribution in [0.4, 0.5) is 0 Å². The number of hydrogen-bond acceptors (Lipinski definition) is 3. The summed E-state index contributed by atoms with van der Waals surface area (Å²) in [6, 6.07) is 0.343. The Labute approximate surface area is 139 Å². The molecule has 1 aliphatic heterocycles. The average Bonchev–Trinajstić information content (AvgIpc) is 3.00. The van der Waals surface area contributed by atoms with Gasteiger partial charge in [0.15, 0.2) is 0 Å². The van der Waals surface area contributed by atoms with Crippen LogP contribution in [0.25, 0.3) is 0 Å². The normalized spacial score (nSPS) is 17.2. The molecule has 7 heteroatoms. The Morgan fingerprint density at radius 2 is 2.24 bits per heavy atom. The Morgan fingerprint density at radius 1 is 1.48 bits per heavy atom. The van der Waals surface area contributed by atoms with Crippen LogP contribution in [-0.2, 0) is 11.3 Å². The molecule has 1 N–H and O–H groups in total. The molecule has 0 radical (unpaired) electrons. The maximum Gasteiger partial charge on any atom is 0.222 e. The van der Waals surface area contributed by atoms with Gasteiger partial charge in [-0.2, -0.15) is 0 Å². The lowest BCUT2D eigenvalue weighted by atomic mass is 10.2. The van der Waals surface area contributed by atoms with Gasteiger partial charge in [0.1, 0.15) is 5.82 Å². The Bertz CT molecular complexity index is 425. The minimum absolute atomic E-state index is 0. The van der Waals surface area contributed by atoms with Gasteiger partial charge in [-0.05, 0) is 39.8 Å². The molecule has 2 rings (SSSR count). The summed E-state index contributed by atoms with van der Waals surface area (Å²) in [5, 5.41) is 3.09. The number of hydrogen-bond donors (Lipinski definition) is 1. The van der Waals surface area contributed by atoms with E-state index in [0.29, 0.717) is 18.4 Å². The standard InChI is InChI=1S/C14H24N4O.2ClH/c1-12-16-8-10-17(12)11-13-5-4-9-18(13)14(19)6-3-7-15-2;;/h8,10,13,15H,3-7,9,11H2,1-2H3;2*1H. The predicted molar refractivity (Wildman–Crippen MR) is 89.4 cm³/mol. The third-order valence-corrected chi connectivity index (χ3v) is 3.85. The summed E-state index contributed by atoms with van der Waals surface area (Å²) >= 11 is 0. The number of imidazole rings is 1. The lowest BCUT2D eigenvalue weighted by Crippen LogP contribution is -2.38. The van der Waals surface area contributed by atoms with Crippen molar-refractivity contribution < 1.29 is 4.79 Å². The monoisotopic (exact) mass is 336 g/mol. The Hall–Kier alpha value is -0.780. The molecular formula is C14H26Cl2N4O. The summed E-state index contributed by atoms with van der Waals surface area (Å²) in [5.74, 6) is 1.32. The van der Waals surface area contributed by atoms with E-state index in [4.69, 9.17) is 0 Å². The second-order valence-corrected chi connectivity index (χ2v) is 5.22. The van der Waals surface area contributed by atoms with Gasteiger partial charge in [-0.25, -0.2) is 4.98 Å². The number of halogens is 2. The number of nitrogens with one attached hydrogen (secondary N) is 1.